The molecule has 0 N–H and O–H groups in total. The lowest BCUT2D eigenvalue weighted by Gasteiger charge is -2.42. The topological polar surface area (TPSA) is 100 Å². The summed E-state index contributed by atoms with van der Waals surface area (Å²) in [5, 5.41) is 6.18. The van der Waals surface area contributed by atoms with Gasteiger partial charge in [0.1, 0.15) is 35.2 Å². The molecule has 4 fully saturated rings. The van der Waals surface area contributed by atoms with Gasteiger partial charge in [-0.25, -0.2) is 14.5 Å². The Balaban J connectivity index is 0.909. The van der Waals surface area contributed by atoms with Crippen molar-refractivity contribution in [3.05, 3.63) is 36.5 Å². The van der Waals surface area contributed by atoms with E-state index in [1.807, 2.05) is 31.6 Å². The maximum atomic E-state index is 12.4. The van der Waals surface area contributed by atoms with Gasteiger partial charge < -0.3 is 33.5 Å². The van der Waals surface area contributed by atoms with Crippen molar-refractivity contribution in [3.8, 4) is 17.0 Å². The van der Waals surface area contributed by atoms with Crippen LogP contribution in [-0.4, -0.2) is 102 Å². The molecule has 0 unspecified atom stereocenters. The first-order valence-corrected chi connectivity index (χ1v) is 23.7. The number of aromatic nitrogens is 3. The Hall–Kier alpha value is -3.19. The molecule has 290 valence electrons. The van der Waals surface area contributed by atoms with E-state index in [4.69, 9.17) is 33.8 Å². The molecule has 3 aromatic rings. The summed E-state index contributed by atoms with van der Waals surface area (Å²) in [6.45, 7) is 19.4. The van der Waals surface area contributed by atoms with Gasteiger partial charge in [0.15, 0.2) is 0 Å². The highest BCUT2D eigenvalue weighted by atomic mass is 28.3. The van der Waals surface area contributed by atoms with E-state index in [0.717, 1.165) is 111 Å². The Morgan fingerprint density at radius 3 is 2.19 bits per heavy atom. The minimum absolute atomic E-state index is 0.0542. The SMILES string of the molecule is CC(C)(C)OC(=O)N1CCC(OC2CC(OC3CCN(c4cc(-c5nn(COCC[Si](C)(C)C)c6ccc(OC7(C)CC7)cc56)ccn4)CC3)C2)CC1. The van der Waals surface area contributed by atoms with E-state index in [2.05, 4.69) is 61.8 Å². The van der Waals surface area contributed by atoms with Gasteiger partial charge in [0.05, 0.1) is 29.9 Å². The molecule has 0 bridgehead atoms. The zero-order valence-corrected chi connectivity index (χ0v) is 34.1. The molecule has 0 atom stereocenters. The van der Waals surface area contributed by atoms with Crippen molar-refractivity contribution in [1.29, 1.82) is 0 Å². The molecule has 1 aromatic carbocycles. The van der Waals surface area contributed by atoms with Gasteiger partial charge in [-0.05, 0) is 115 Å². The summed E-state index contributed by atoms with van der Waals surface area (Å²) < 4.78 is 33.0. The smallest absolute Gasteiger partial charge is 0.410 e. The number of amides is 1. The Kier molecular flexibility index (Phi) is 11.1. The number of rotatable bonds is 13. The van der Waals surface area contributed by atoms with Gasteiger partial charge in [-0.1, -0.05) is 19.6 Å². The summed E-state index contributed by atoms with van der Waals surface area (Å²) in [7, 11) is -1.18. The number of hydrogen-bond acceptors (Lipinski definition) is 9. The quantitative estimate of drug-likeness (QED) is 0.126. The van der Waals surface area contributed by atoms with Crippen molar-refractivity contribution in [1.82, 2.24) is 19.7 Å². The third-order valence-electron chi connectivity index (χ3n) is 11.0. The zero-order chi connectivity index (χ0) is 37.4. The van der Waals surface area contributed by atoms with Crippen molar-refractivity contribution in [2.24, 2.45) is 0 Å². The number of piperidine rings is 2. The molecule has 2 saturated heterocycles. The van der Waals surface area contributed by atoms with Crippen LogP contribution in [-0.2, 0) is 25.7 Å². The Bertz CT molecular complexity index is 1710. The summed E-state index contributed by atoms with van der Waals surface area (Å²) in [5.41, 5.74) is 2.50. The normalized spacial score (nSPS) is 22.5. The molecule has 4 aliphatic rings. The highest BCUT2D eigenvalue weighted by Crippen LogP contribution is 2.41. The molecule has 4 heterocycles. The number of carbonyl (C=O) groups excluding carboxylic acids is 1. The van der Waals surface area contributed by atoms with Crippen molar-refractivity contribution in [3.63, 3.8) is 0 Å². The molecular weight excluding hydrogens is 687 g/mol. The number of benzene rings is 1. The molecule has 53 heavy (non-hydrogen) atoms. The van der Waals surface area contributed by atoms with Crippen LogP contribution >= 0.6 is 0 Å². The van der Waals surface area contributed by atoms with Gasteiger partial charge >= 0.3 is 6.09 Å². The fourth-order valence-electron chi connectivity index (χ4n) is 7.37. The van der Waals surface area contributed by atoms with Gasteiger partial charge in [0.2, 0.25) is 0 Å². The second kappa shape index (κ2) is 15.5. The molecule has 0 spiro atoms. The number of anilines is 1. The van der Waals surface area contributed by atoms with Crippen LogP contribution in [0.4, 0.5) is 10.6 Å². The number of hydrogen-bond donors (Lipinski definition) is 0. The first-order chi connectivity index (χ1) is 25.2. The fourth-order valence-corrected chi connectivity index (χ4v) is 8.13. The molecule has 1 amide bonds. The highest BCUT2D eigenvalue weighted by molar-refractivity contribution is 6.76. The minimum atomic E-state index is -1.18. The predicted octanol–water partition coefficient (Wildman–Crippen LogP) is 8.27. The van der Waals surface area contributed by atoms with Crippen LogP contribution < -0.4 is 9.64 Å². The standard InChI is InChI=1S/C41H61N5O6Si/c1-40(2,3)52-39(47)45-20-13-31(14-21-45)50-34-25-33(26-34)49-30-11-18-44(19-12-30)37-24-29(10-17-42-37)38-35-27-32(51-41(4)15-16-41)8-9-36(35)46(43-38)28-48-22-23-53(5,6)7/h8-10,17,24,27,30-31,33-34H,11-16,18-23,25-26,28H2,1-7H3. The largest absolute Gasteiger partial charge is 0.488 e. The maximum absolute atomic E-state index is 12.4. The van der Waals surface area contributed by atoms with E-state index < -0.39 is 13.7 Å². The van der Waals surface area contributed by atoms with Crippen molar-refractivity contribution in [2.45, 2.75) is 147 Å². The minimum Gasteiger partial charge on any atom is -0.488 e. The van der Waals surface area contributed by atoms with Crippen LogP contribution in [0.3, 0.4) is 0 Å². The van der Waals surface area contributed by atoms with Crippen LogP contribution in [0.2, 0.25) is 25.7 Å². The van der Waals surface area contributed by atoms with Gasteiger partial charge in [0.25, 0.3) is 0 Å². The van der Waals surface area contributed by atoms with Gasteiger partial charge in [-0.3, -0.25) is 0 Å². The van der Waals surface area contributed by atoms with E-state index in [0.29, 0.717) is 19.8 Å². The van der Waals surface area contributed by atoms with Crippen molar-refractivity contribution in [2.75, 3.05) is 37.7 Å². The molecular formula is C41H61N5O6Si. The summed E-state index contributed by atoms with van der Waals surface area (Å²) in [6.07, 6.45) is 10.4. The highest BCUT2D eigenvalue weighted by Gasteiger charge is 2.40. The molecule has 2 aliphatic carbocycles. The van der Waals surface area contributed by atoms with E-state index in [1.54, 1.807) is 4.90 Å². The van der Waals surface area contributed by atoms with Crippen molar-refractivity contribution < 1.29 is 28.5 Å². The average molecular weight is 748 g/mol. The van der Waals surface area contributed by atoms with E-state index in [-0.39, 0.29) is 36.1 Å². The third kappa shape index (κ3) is 10.1. The lowest BCUT2D eigenvalue weighted by Crippen LogP contribution is -2.47. The summed E-state index contributed by atoms with van der Waals surface area (Å²) in [4.78, 5) is 21.4. The number of likely N-dealkylation sites (tertiary alicyclic amines) is 1. The molecule has 7 rings (SSSR count). The Morgan fingerprint density at radius 2 is 1.57 bits per heavy atom. The van der Waals surface area contributed by atoms with Crippen LogP contribution in [0.25, 0.3) is 22.2 Å². The Labute approximate surface area is 316 Å². The molecule has 11 nitrogen and oxygen atoms in total. The first kappa shape index (κ1) is 38.1. The van der Waals surface area contributed by atoms with E-state index >= 15 is 0 Å². The monoisotopic (exact) mass is 747 g/mol. The summed E-state index contributed by atoms with van der Waals surface area (Å²) in [5.74, 6) is 1.86. The third-order valence-corrected chi connectivity index (χ3v) is 12.7. The van der Waals surface area contributed by atoms with Crippen LogP contribution in [0.1, 0.15) is 79.1 Å². The number of pyridine rings is 1. The van der Waals surface area contributed by atoms with Crippen molar-refractivity contribution >= 4 is 30.9 Å². The van der Waals surface area contributed by atoms with Gasteiger partial charge in [-0.15, -0.1) is 0 Å². The van der Waals surface area contributed by atoms with E-state index in [1.165, 1.54) is 0 Å². The zero-order valence-electron chi connectivity index (χ0n) is 33.1. The number of fused-ring (bicyclic) bond motifs is 1. The number of nitrogens with zero attached hydrogens (tertiary/aromatic N) is 5. The maximum Gasteiger partial charge on any atom is 0.410 e. The van der Waals surface area contributed by atoms with Gasteiger partial charge in [-0.2, -0.15) is 5.10 Å². The second-order valence-corrected chi connectivity index (χ2v) is 23.8. The lowest BCUT2D eigenvalue weighted by molar-refractivity contribution is -0.153. The molecule has 0 radical (unpaired) electrons. The molecule has 2 aliphatic heterocycles. The molecule has 2 saturated carbocycles. The van der Waals surface area contributed by atoms with Crippen LogP contribution in [0, 0.1) is 0 Å². The van der Waals surface area contributed by atoms with Crippen LogP contribution in [0.5, 0.6) is 5.75 Å². The summed E-state index contributed by atoms with van der Waals surface area (Å²) in [6, 6.07) is 11.7. The average Bonchev–Trinajstić information content (AvgIpc) is 3.71. The van der Waals surface area contributed by atoms with E-state index in [9.17, 15) is 4.79 Å². The lowest BCUT2D eigenvalue weighted by atomic mass is 9.90. The Morgan fingerprint density at radius 1 is 0.906 bits per heavy atom. The predicted molar refractivity (Wildman–Crippen MR) is 210 cm³/mol. The molecule has 2 aromatic heterocycles. The van der Waals surface area contributed by atoms with Crippen LogP contribution in [0.15, 0.2) is 36.5 Å². The summed E-state index contributed by atoms with van der Waals surface area (Å²) >= 11 is 0. The van der Waals surface area contributed by atoms with Gasteiger partial charge in [0, 0.05) is 58.0 Å². The second-order valence-electron chi connectivity index (χ2n) is 18.2. The number of ether oxygens (including phenoxy) is 5. The fraction of sp³-hybridized carbons (Fsp3) is 0.683. The number of carbonyl (C=O) groups is 1. The first-order valence-electron chi connectivity index (χ1n) is 20.0. The molecule has 12 heteroatoms.